The Hall–Kier alpha value is -3.26. The molecule has 0 aliphatic rings. The second kappa shape index (κ2) is 9.09. The van der Waals surface area contributed by atoms with Crippen molar-refractivity contribution in [3.8, 4) is 17.1 Å². The lowest BCUT2D eigenvalue weighted by atomic mass is 10.2. The lowest BCUT2D eigenvalue weighted by Gasteiger charge is -2.20. The van der Waals surface area contributed by atoms with E-state index in [2.05, 4.69) is 16.8 Å². The molecule has 144 valence electrons. The zero-order valence-electron chi connectivity index (χ0n) is 15.5. The molecule has 1 aromatic heterocycles. The molecule has 0 atom stereocenters. The van der Waals surface area contributed by atoms with Crippen LogP contribution in [0.15, 0.2) is 72.4 Å². The van der Waals surface area contributed by atoms with Gasteiger partial charge >= 0.3 is 0 Å². The first-order chi connectivity index (χ1) is 13.6. The Balaban J connectivity index is 1.71. The van der Waals surface area contributed by atoms with Gasteiger partial charge in [-0.15, -0.1) is 16.8 Å². The highest BCUT2D eigenvalue weighted by Gasteiger charge is 2.18. The average molecular weight is 395 g/mol. The van der Waals surface area contributed by atoms with Gasteiger partial charge in [-0.3, -0.25) is 4.79 Å². The average Bonchev–Trinajstić information content (AvgIpc) is 3.11. The molecule has 0 saturated heterocycles. The van der Waals surface area contributed by atoms with Crippen molar-refractivity contribution in [3.05, 3.63) is 67.3 Å². The standard InChI is InChI=1S/C20H21N5O2S/c1-3-13-24(16-7-5-4-6-8-16)18(26)14-28-20-23-22-19(25(20)21)15-9-11-17(27-2)12-10-15/h3-12H,1,13-14,21H2,2H3. The Morgan fingerprint density at radius 2 is 1.93 bits per heavy atom. The van der Waals surface area contributed by atoms with E-state index >= 15 is 0 Å². The molecule has 0 spiro atoms. The van der Waals surface area contributed by atoms with Gasteiger partial charge in [0.05, 0.1) is 12.9 Å². The number of thioether (sulfide) groups is 1. The minimum absolute atomic E-state index is 0.0647. The molecular formula is C20H21N5O2S. The number of carbonyl (C=O) groups is 1. The maximum absolute atomic E-state index is 12.7. The summed E-state index contributed by atoms with van der Waals surface area (Å²) >= 11 is 1.24. The molecule has 3 rings (SSSR count). The van der Waals surface area contributed by atoms with Crippen LogP contribution in [0.25, 0.3) is 11.4 Å². The molecule has 0 aliphatic heterocycles. The fraction of sp³-hybridized carbons (Fsp3) is 0.150. The number of amides is 1. The van der Waals surface area contributed by atoms with E-state index in [9.17, 15) is 4.79 Å². The Bertz CT molecular complexity index is 941. The number of nitrogens with two attached hydrogens (primary N) is 1. The summed E-state index contributed by atoms with van der Waals surface area (Å²) in [6.45, 7) is 4.16. The highest BCUT2D eigenvalue weighted by Crippen LogP contribution is 2.24. The number of ether oxygens (including phenoxy) is 1. The van der Waals surface area contributed by atoms with E-state index in [0.29, 0.717) is 17.5 Å². The summed E-state index contributed by atoms with van der Waals surface area (Å²) in [5.41, 5.74) is 1.63. The SMILES string of the molecule is C=CCN(C(=O)CSc1nnc(-c2ccc(OC)cc2)n1N)c1ccccc1. The predicted molar refractivity (Wildman–Crippen MR) is 112 cm³/mol. The van der Waals surface area contributed by atoms with E-state index in [1.54, 1.807) is 18.1 Å². The Morgan fingerprint density at radius 1 is 1.21 bits per heavy atom. The number of para-hydroxylation sites is 1. The quantitative estimate of drug-likeness (QED) is 0.358. The largest absolute Gasteiger partial charge is 0.497 e. The van der Waals surface area contributed by atoms with Gasteiger partial charge in [0.15, 0.2) is 5.82 Å². The normalized spacial score (nSPS) is 10.5. The fourth-order valence-electron chi connectivity index (χ4n) is 2.60. The van der Waals surface area contributed by atoms with Crippen molar-refractivity contribution < 1.29 is 9.53 Å². The first-order valence-electron chi connectivity index (χ1n) is 8.58. The molecule has 1 amide bonds. The molecule has 0 unspecified atom stereocenters. The van der Waals surface area contributed by atoms with Crippen LogP contribution in [0.5, 0.6) is 5.75 Å². The fourth-order valence-corrected chi connectivity index (χ4v) is 3.34. The minimum Gasteiger partial charge on any atom is -0.497 e. The first-order valence-corrected chi connectivity index (χ1v) is 9.56. The summed E-state index contributed by atoms with van der Waals surface area (Å²) in [5.74, 6) is 7.52. The van der Waals surface area contributed by atoms with Crippen molar-refractivity contribution in [2.24, 2.45) is 0 Å². The summed E-state index contributed by atoms with van der Waals surface area (Å²) in [6.07, 6.45) is 1.70. The predicted octanol–water partition coefficient (Wildman–Crippen LogP) is 2.98. The number of methoxy groups -OCH3 is 1. The molecule has 0 radical (unpaired) electrons. The van der Waals surface area contributed by atoms with Gasteiger partial charge in [-0.25, -0.2) is 4.68 Å². The number of carbonyl (C=O) groups excluding carboxylic acids is 1. The number of benzene rings is 2. The van der Waals surface area contributed by atoms with Gasteiger partial charge in [-0.1, -0.05) is 36.0 Å². The van der Waals surface area contributed by atoms with Crippen LogP contribution in [0.2, 0.25) is 0 Å². The maximum Gasteiger partial charge on any atom is 0.237 e. The van der Waals surface area contributed by atoms with Crippen LogP contribution in [0.3, 0.4) is 0 Å². The topological polar surface area (TPSA) is 86.3 Å². The monoisotopic (exact) mass is 395 g/mol. The molecule has 0 saturated carbocycles. The number of hydrogen-bond acceptors (Lipinski definition) is 6. The van der Waals surface area contributed by atoms with Gasteiger partial charge < -0.3 is 15.5 Å². The van der Waals surface area contributed by atoms with Crippen molar-refractivity contribution in [2.75, 3.05) is 30.1 Å². The number of rotatable bonds is 8. The van der Waals surface area contributed by atoms with E-state index in [4.69, 9.17) is 10.6 Å². The molecule has 7 nitrogen and oxygen atoms in total. The van der Waals surface area contributed by atoms with E-state index in [-0.39, 0.29) is 11.7 Å². The zero-order chi connectivity index (χ0) is 19.9. The van der Waals surface area contributed by atoms with Crippen LogP contribution in [0.4, 0.5) is 5.69 Å². The van der Waals surface area contributed by atoms with Crippen LogP contribution in [-0.4, -0.2) is 40.2 Å². The third kappa shape index (κ3) is 4.34. The van der Waals surface area contributed by atoms with Crippen LogP contribution < -0.4 is 15.5 Å². The third-order valence-corrected chi connectivity index (χ3v) is 4.95. The van der Waals surface area contributed by atoms with Crippen molar-refractivity contribution in [2.45, 2.75) is 5.16 Å². The van der Waals surface area contributed by atoms with Crippen molar-refractivity contribution >= 4 is 23.4 Å². The number of hydrogen-bond donors (Lipinski definition) is 1. The van der Waals surface area contributed by atoms with E-state index in [1.807, 2.05) is 54.6 Å². The Labute approximate surface area is 167 Å². The van der Waals surface area contributed by atoms with Gasteiger partial charge in [0, 0.05) is 17.8 Å². The highest BCUT2D eigenvalue weighted by molar-refractivity contribution is 7.99. The molecule has 1 heterocycles. The van der Waals surface area contributed by atoms with Gasteiger partial charge in [-0.05, 0) is 36.4 Å². The van der Waals surface area contributed by atoms with Crippen LogP contribution >= 0.6 is 11.8 Å². The van der Waals surface area contributed by atoms with Crippen LogP contribution in [0, 0.1) is 0 Å². The number of aromatic nitrogens is 3. The first kappa shape index (κ1) is 19.5. The smallest absolute Gasteiger partial charge is 0.237 e. The number of nitrogens with zero attached hydrogens (tertiary/aromatic N) is 4. The lowest BCUT2D eigenvalue weighted by Crippen LogP contribution is -2.32. The minimum atomic E-state index is -0.0647. The Kier molecular flexibility index (Phi) is 6.33. The molecular weight excluding hydrogens is 374 g/mol. The molecule has 28 heavy (non-hydrogen) atoms. The second-order valence-electron chi connectivity index (χ2n) is 5.82. The maximum atomic E-state index is 12.7. The Morgan fingerprint density at radius 3 is 2.57 bits per heavy atom. The van der Waals surface area contributed by atoms with Crippen LogP contribution in [0.1, 0.15) is 0 Å². The van der Waals surface area contributed by atoms with Crippen molar-refractivity contribution in [1.29, 1.82) is 0 Å². The molecule has 8 heteroatoms. The van der Waals surface area contributed by atoms with Gasteiger partial charge in [-0.2, -0.15) is 0 Å². The van der Waals surface area contributed by atoms with Gasteiger partial charge in [0.2, 0.25) is 11.1 Å². The summed E-state index contributed by atoms with van der Waals surface area (Å²) in [6, 6.07) is 16.8. The molecule has 2 N–H and O–H groups in total. The second-order valence-corrected chi connectivity index (χ2v) is 6.76. The van der Waals surface area contributed by atoms with Gasteiger partial charge in [0.1, 0.15) is 5.75 Å². The third-order valence-electron chi connectivity index (χ3n) is 4.02. The molecule has 0 fully saturated rings. The number of nitrogen functional groups attached to an aromatic ring is 1. The summed E-state index contributed by atoms with van der Waals surface area (Å²) in [7, 11) is 1.61. The molecule has 2 aromatic carbocycles. The van der Waals surface area contributed by atoms with E-state index in [0.717, 1.165) is 17.0 Å². The summed E-state index contributed by atoms with van der Waals surface area (Å²) in [4.78, 5) is 14.4. The molecule has 0 aliphatic carbocycles. The summed E-state index contributed by atoms with van der Waals surface area (Å²) < 4.78 is 6.55. The van der Waals surface area contributed by atoms with Crippen LogP contribution in [-0.2, 0) is 4.79 Å². The van der Waals surface area contributed by atoms with Gasteiger partial charge in [0.25, 0.3) is 0 Å². The lowest BCUT2D eigenvalue weighted by molar-refractivity contribution is -0.116. The van der Waals surface area contributed by atoms with E-state index in [1.165, 1.54) is 16.4 Å². The van der Waals surface area contributed by atoms with Crippen molar-refractivity contribution in [1.82, 2.24) is 14.9 Å². The molecule has 0 bridgehead atoms. The molecule has 3 aromatic rings. The number of anilines is 1. The highest BCUT2D eigenvalue weighted by atomic mass is 32.2. The zero-order valence-corrected chi connectivity index (χ0v) is 16.3. The summed E-state index contributed by atoms with van der Waals surface area (Å²) in [5, 5.41) is 8.72. The van der Waals surface area contributed by atoms with Crippen molar-refractivity contribution in [3.63, 3.8) is 0 Å². The van der Waals surface area contributed by atoms with E-state index < -0.39 is 0 Å².